The highest BCUT2D eigenvalue weighted by Crippen LogP contribution is 2.26. The zero-order valence-electron chi connectivity index (χ0n) is 15.6. The van der Waals surface area contributed by atoms with Crippen LogP contribution in [0.4, 0.5) is 5.69 Å². The molecule has 0 heterocycles. The third-order valence-corrected chi connectivity index (χ3v) is 4.47. The van der Waals surface area contributed by atoms with Crippen LogP contribution in [-0.2, 0) is 4.79 Å². The van der Waals surface area contributed by atoms with Crippen molar-refractivity contribution in [2.24, 2.45) is 0 Å². The van der Waals surface area contributed by atoms with E-state index in [4.69, 9.17) is 4.74 Å². The van der Waals surface area contributed by atoms with Gasteiger partial charge in [-0.25, -0.2) is 0 Å². The number of anilines is 1. The molecule has 0 aromatic heterocycles. The van der Waals surface area contributed by atoms with Gasteiger partial charge in [0.05, 0.1) is 19.2 Å². The second-order valence-corrected chi connectivity index (χ2v) is 6.40. The molecule has 5 heteroatoms. The lowest BCUT2D eigenvalue weighted by molar-refractivity contribution is -0.115. The van der Waals surface area contributed by atoms with Crippen LogP contribution in [0.1, 0.15) is 21.5 Å². The topological polar surface area (TPSA) is 67.4 Å². The van der Waals surface area contributed by atoms with E-state index in [1.165, 1.54) is 7.11 Å². The van der Waals surface area contributed by atoms with Crippen LogP contribution in [0.5, 0.6) is 5.75 Å². The molecule has 3 rings (SSSR count). The fourth-order valence-corrected chi connectivity index (χ4v) is 3.02. The smallest absolute Gasteiger partial charge is 0.255 e. The Balaban J connectivity index is 1.72. The van der Waals surface area contributed by atoms with Crippen molar-refractivity contribution in [2.45, 2.75) is 13.8 Å². The molecule has 0 radical (unpaired) electrons. The van der Waals surface area contributed by atoms with E-state index in [1.807, 2.05) is 62.4 Å². The van der Waals surface area contributed by atoms with E-state index in [0.29, 0.717) is 11.3 Å². The Hall–Kier alpha value is -3.34. The predicted octanol–water partition coefficient (Wildman–Crippen LogP) is 3.83. The maximum Gasteiger partial charge on any atom is 0.255 e. The number of benzene rings is 3. The summed E-state index contributed by atoms with van der Waals surface area (Å²) in [6.07, 6.45) is 0. The van der Waals surface area contributed by atoms with Crippen LogP contribution in [0.3, 0.4) is 0 Å². The first kappa shape index (κ1) is 18.5. The zero-order chi connectivity index (χ0) is 19.4. The number of aryl methyl sites for hydroxylation is 2. The third-order valence-electron chi connectivity index (χ3n) is 4.47. The maximum atomic E-state index is 12.6. The minimum atomic E-state index is -0.353. The first-order valence-electron chi connectivity index (χ1n) is 8.70. The summed E-state index contributed by atoms with van der Waals surface area (Å²) in [4.78, 5) is 24.9. The van der Waals surface area contributed by atoms with Crippen LogP contribution in [0, 0.1) is 13.8 Å². The quantitative estimate of drug-likeness (QED) is 0.725. The molecule has 0 fully saturated rings. The summed E-state index contributed by atoms with van der Waals surface area (Å²) in [6.45, 7) is 3.74. The fourth-order valence-electron chi connectivity index (χ4n) is 3.02. The predicted molar refractivity (Wildman–Crippen MR) is 107 cm³/mol. The number of nitrogens with one attached hydrogen (secondary N) is 2. The standard InChI is InChI=1S/C22H22N2O3/c1-14-7-6-8-15(2)21(14)24-20(25)13-23-22(26)18-11-16-9-4-5-10-17(16)12-19(18)27-3/h4-12H,13H2,1-3H3,(H,23,26)(H,24,25). The van der Waals surface area contributed by atoms with Crippen LogP contribution >= 0.6 is 0 Å². The molecule has 0 aliphatic rings. The van der Waals surface area contributed by atoms with Crippen LogP contribution in [0.25, 0.3) is 10.8 Å². The Morgan fingerprint density at radius 2 is 1.56 bits per heavy atom. The number of carbonyl (C=O) groups is 2. The Bertz CT molecular complexity index is 991. The van der Waals surface area contributed by atoms with E-state index in [-0.39, 0.29) is 18.4 Å². The summed E-state index contributed by atoms with van der Waals surface area (Å²) in [5, 5.41) is 7.44. The van der Waals surface area contributed by atoms with Gasteiger partial charge in [-0.05, 0) is 47.9 Å². The van der Waals surface area contributed by atoms with Crippen molar-refractivity contribution in [2.75, 3.05) is 19.0 Å². The molecule has 0 bridgehead atoms. The number of hydrogen-bond donors (Lipinski definition) is 2. The number of ether oxygens (including phenoxy) is 1. The number of hydrogen-bond acceptors (Lipinski definition) is 3. The molecule has 0 aliphatic heterocycles. The molecule has 27 heavy (non-hydrogen) atoms. The highest BCUT2D eigenvalue weighted by Gasteiger charge is 2.15. The van der Waals surface area contributed by atoms with E-state index in [2.05, 4.69) is 10.6 Å². The van der Waals surface area contributed by atoms with Crippen molar-refractivity contribution in [1.29, 1.82) is 0 Å². The first-order valence-corrected chi connectivity index (χ1v) is 8.70. The van der Waals surface area contributed by atoms with Crippen molar-refractivity contribution in [3.8, 4) is 5.75 Å². The van der Waals surface area contributed by atoms with Crippen LogP contribution < -0.4 is 15.4 Å². The number of para-hydroxylation sites is 1. The summed E-state index contributed by atoms with van der Waals surface area (Å²) < 4.78 is 5.35. The lowest BCUT2D eigenvalue weighted by Gasteiger charge is -2.13. The Labute approximate surface area is 158 Å². The van der Waals surface area contributed by atoms with Gasteiger partial charge >= 0.3 is 0 Å². The Morgan fingerprint density at radius 1 is 0.926 bits per heavy atom. The monoisotopic (exact) mass is 362 g/mol. The number of fused-ring (bicyclic) bond motifs is 1. The molecule has 3 aromatic rings. The zero-order valence-corrected chi connectivity index (χ0v) is 15.6. The van der Waals surface area contributed by atoms with Gasteiger partial charge < -0.3 is 15.4 Å². The molecule has 0 aliphatic carbocycles. The maximum absolute atomic E-state index is 12.6. The molecular formula is C22H22N2O3. The van der Waals surface area contributed by atoms with E-state index in [9.17, 15) is 9.59 Å². The normalized spacial score (nSPS) is 10.5. The van der Waals surface area contributed by atoms with Crippen LogP contribution in [0.2, 0.25) is 0 Å². The van der Waals surface area contributed by atoms with Crippen molar-refractivity contribution in [3.05, 3.63) is 71.3 Å². The largest absolute Gasteiger partial charge is 0.496 e. The molecule has 0 atom stereocenters. The summed E-state index contributed by atoms with van der Waals surface area (Å²) in [5.41, 5.74) is 3.13. The molecular weight excluding hydrogens is 340 g/mol. The van der Waals surface area contributed by atoms with Gasteiger partial charge in [0.25, 0.3) is 5.91 Å². The number of amides is 2. The fraction of sp³-hybridized carbons (Fsp3) is 0.182. The van der Waals surface area contributed by atoms with Gasteiger partial charge in [0, 0.05) is 5.69 Å². The molecule has 0 spiro atoms. The van der Waals surface area contributed by atoms with Crippen molar-refractivity contribution < 1.29 is 14.3 Å². The van der Waals surface area contributed by atoms with Gasteiger partial charge in [-0.3, -0.25) is 9.59 Å². The number of carbonyl (C=O) groups excluding carboxylic acids is 2. The van der Waals surface area contributed by atoms with Gasteiger partial charge in [0.2, 0.25) is 5.91 Å². The third kappa shape index (κ3) is 4.08. The lowest BCUT2D eigenvalue weighted by atomic mass is 10.1. The summed E-state index contributed by atoms with van der Waals surface area (Å²) in [7, 11) is 1.52. The van der Waals surface area contributed by atoms with Crippen molar-refractivity contribution in [3.63, 3.8) is 0 Å². The molecule has 138 valence electrons. The molecule has 3 aromatic carbocycles. The highest BCUT2D eigenvalue weighted by atomic mass is 16.5. The molecule has 0 saturated heterocycles. The van der Waals surface area contributed by atoms with Gasteiger partial charge in [0.1, 0.15) is 5.75 Å². The second-order valence-electron chi connectivity index (χ2n) is 6.40. The molecule has 5 nitrogen and oxygen atoms in total. The van der Waals surface area contributed by atoms with Crippen molar-refractivity contribution in [1.82, 2.24) is 5.32 Å². The van der Waals surface area contributed by atoms with E-state index >= 15 is 0 Å². The van der Waals surface area contributed by atoms with E-state index in [0.717, 1.165) is 27.6 Å². The van der Waals surface area contributed by atoms with Gasteiger partial charge in [-0.2, -0.15) is 0 Å². The van der Waals surface area contributed by atoms with Gasteiger partial charge in [-0.1, -0.05) is 42.5 Å². The average Bonchev–Trinajstić information content (AvgIpc) is 2.68. The van der Waals surface area contributed by atoms with Crippen LogP contribution in [0.15, 0.2) is 54.6 Å². The van der Waals surface area contributed by atoms with E-state index < -0.39 is 0 Å². The summed E-state index contributed by atoms with van der Waals surface area (Å²) in [5.74, 6) is -0.156. The van der Waals surface area contributed by atoms with E-state index in [1.54, 1.807) is 6.07 Å². The summed E-state index contributed by atoms with van der Waals surface area (Å²) >= 11 is 0. The van der Waals surface area contributed by atoms with Crippen LogP contribution in [-0.4, -0.2) is 25.5 Å². The van der Waals surface area contributed by atoms with Crippen molar-refractivity contribution >= 4 is 28.3 Å². The second kappa shape index (κ2) is 7.91. The first-order chi connectivity index (χ1) is 13.0. The lowest BCUT2D eigenvalue weighted by Crippen LogP contribution is -2.33. The number of methoxy groups -OCH3 is 1. The Morgan fingerprint density at radius 3 is 2.19 bits per heavy atom. The average molecular weight is 362 g/mol. The number of rotatable bonds is 5. The molecule has 2 amide bonds. The summed E-state index contributed by atoms with van der Waals surface area (Å²) in [6, 6.07) is 17.1. The van der Waals surface area contributed by atoms with Gasteiger partial charge in [0.15, 0.2) is 0 Å². The minimum Gasteiger partial charge on any atom is -0.496 e. The van der Waals surface area contributed by atoms with Gasteiger partial charge in [-0.15, -0.1) is 0 Å². The molecule has 2 N–H and O–H groups in total. The SMILES string of the molecule is COc1cc2ccccc2cc1C(=O)NCC(=O)Nc1c(C)cccc1C. The molecule has 0 saturated carbocycles. The highest BCUT2D eigenvalue weighted by molar-refractivity contribution is 6.04. The Kier molecular flexibility index (Phi) is 5.41. The minimum absolute atomic E-state index is 0.122. The molecule has 0 unspecified atom stereocenters.